The normalized spacial score (nSPS) is 24.6. The first-order chi connectivity index (χ1) is 14.8. The fourth-order valence-electron chi connectivity index (χ4n) is 4.68. The third-order valence-corrected chi connectivity index (χ3v) is 8.19. The van der Waals surface area contributed by atoms with Crippen LogP contribution in [0.4, 0.5) is 4.39 Å². The Hall–Kier alpha value is -2.13. The standard InChI is InChI=1S/C23H27FN2O4S/c1-2-13-26-23(22(28)19-5-3-4-6-20(19)31(26,29)30)25-14-11-17(12-15-25)21(27)16-7-9-18(24)10-8-16/h3-10,17,22-23,28H,2,11-15H2,1H3. The third kappa shape index (κ3) is 4.05. The van der Waals surface area contributed by atoms with E-state index < -0.39 is 22.3 Å². The number of ketones is 1. The number of nitrogens with zero attached hydrogens (tertiary/aromatic N) is 2. The Kier molecular flexibility index (Phi) is 6.25. The zero-order chi connectivity index (χ0) is 22.2. The molecule has 1 fully saturated rings. The van der Waals surface area contributed by atoms with Crippen LogP contribution >= 0.6 is 0 Å². The molecule has 0 aliphatic carbocycles. The Balaban J connectivity index is 1.55. The van der Waals surface area contributed by atoms with Crippen molar-refractivity contribution >= 4 is 15.8 Å². The van der Waals surface area contributed by atoms with Crippen molar-refractivity contribution in [3.8, 4) is 0 Å². The van der Waals surface area contributed by atoms with E-state index in [1.54, 1.807) is 24.3 Å². The molecule has 4 rings (SSSR count). The van der Waals surface area contributed by atoms with Gasteiger partial charge in [-0.15, -0.1) is 0 Å². The van der Waals surface area contributed by atoms with Gasteiger partial charge in [-0.1, -0.05) is 25.1 Å². The van der Waals surface area contributed by atoms with Gasteiger partial charge in [-0.3, -0.25) is 9.69 Å². The number of benzene rings is 2. The molecule has 0 saturated carbocycles. The minimum atomic E-state index is -3.72. The number of likely N-dealkylation sites (tertiary alicyclic amines) is 1. The van der Waals surface area contributed by atoms with E-state index in [9.17, 15) is 22.7 Å². The lowest BCUT2D eigenvalue weighted by Gasteiger charge is -2.46. The number of aliphatic hydroxyl groups is 1. The van der Waals surface area contributed by atoms with Gasteiger partial charge in [0.15, 0.2) is 5.78 Å². The average Bonchev–Trinajstić information content (AvgIpc) is 2.78. The largest absolute Gasteiger partial charge is 0.385 e. The van der Waals surface area contributed by atoms with Crippen LogP contribution in [-0.2, 0) is 10.0 Å². The van der Waals surface area contributed by atoms with Crippen LogP contribution in [0.2, 0.25) is 0 Å². The maximum absolute atomic E-state index is 13.3. The fraction of sp³-hybridized carbons (Fsp3) is 0.435. The van der Waals surface area contributed by atoms with Crippen molar-refractivity contribution in [1.82, 2.24) is 9.21 Å². The van der Waals surface area contributed by atoms with Crippen molar-refractivity contribution in [3.63, 3.8) is 0 Å². The maximum Gasteiger partial charge on any atom is 0.244 e. The lowest BCUT2D eigenvalue weighted by molar-refractivity contribution is -0.0328. The zero-order valence-corrected chi connectivity index (χ0v) is 18.3. The number of Topliss-reactive ketones (excluding diaryl/α,β-unsaturated/α-hetero) is 1. The molecule has 2 atom stereocenters. The van der Waals surface area contributed by atoms with E-state index in [1.807, 2.05) is 11.8 Å². The molecule has 1 saturated heterocycles. The molecule has 1 N–H and O–H groups in total. The average molecular weight is 447 g/mol. The van der Waals surface area contributed by atoms with Crippen molar-refractivity contribution in [3.05, 3.63) is 65.5 Å². The van der Waals surface area contributed by atoms with E-state index in [2.05, 4.69) is 0 Å². The van der Waals surface area contributed by atoms with Crippen molar-refractivity contribution in [2.75, 3.05) is 19.6 Å². The smallest absolute Gasteiger partial charge is 0.244 e. The molecule has 2 aromatic rings. The van der Waals surface area contributed by atoms with Crippen LogP contribution in [0, 0.1) is 11.7 Å². The molecule has 0 aromatic heterocycles. The molecule has 2 heterocycles. The number of hydrogen-bond donors (Lipinski definition) is 1. The molecular weight excluding hydrogens is 419 g/mol. The van der Waals surface area contributed by atoms with Gasteiger partial charge in [-0.05, 0) is 49.6 Å². The molecule has 2 aliphatic heterocycles. The van der Waals surface area contributed by atoms with Gasteiger partial charge in [-0.25, -0.2) is 12.8 Å². The van der Waals surface area contributed by atoms with Crippen LogP contribution in [-0.4, -0.2) is 54.3 Å². The van der Waals surface area contributed by atoms with Crippen LogP contribution in [0.1, 0.15) is 48.2 Å². The molecule has 166 valence electrons. The maximum atomic E-state index is 13.3. The summed E-state index contributed by atoms with van der Waals surface area (Å²) in [4.78, 5) is 14.9. The van der Waals surface area contributed by atoms with Crippen molar-refractivity contribution in [2.24, 2.45) is 5.92 Å². The Morgan fingerprint density at radius 1 is 1.10 bits per heavy atom. The molecular formula is C23H27FN2O4S. The third-order valence-electron chi connectivity index (χ3n) is 6.25. The Morgan fingerprint density at radius 3 is 2.39 bits per heavy atom. The minimum Gasteiger partial charge on any atom is -0.385 e. The van der Waals surface area contributed by atoms with Crippen LogP contribution in [0.3, 0.4) is 0 Å². The Morgan fingerprint density at radius 2 is 1.74 bits per heavy atom. The van der Waals surface area contributed by atoms with E-state index in [1.165, 1.54) is 28.6 Å². The first kappa shape index (κ1) is 22.1. The van der Waals surface area contributed by atoms with Crippen LogP contribution in [0.15, 0.2) is 53.4 Å². The Bertz CT molecular complexity index is 1050. The number of halogens is 1. The molecule has 2 aliphatic rings. The minimum absolute atomic E-state index is 0.0211. The Labute approximate surface area is 182 Å². The zero-order valence-electron chi connectivity index (χ0n) is 17.4. The highest BCUT2D eigenvalue weighted by Gasteiger charge is 2.46. The van der Waals surface area contributed by atoms with Gasteiger partial charge >= 0.3 is 0 Å². The second-order valence-electron chi connectivity index (χ2n) is 8.19. The van der Waals surface area contributed by atoms with Crippen LogP contribution < -0.4 is 0 Å². The van der Waals surface area contributed by atoms with E-state index in [4.69, 9.17) is 0 Å². The second kappa shape index (κ2) is 8.78. The summed E-state index contributed by atoms with van der Waals surface area (Å²) in [6.07, 6.45) is 0.0871. The topological polar surface area (TPSA) is 77.9 Å². The van der Waals surface area contributed by atoms with Gasteiger partial charge in [0.05, 0.1) is 4.90 Å². The summed E-state index contributed by atoms with van der Waals surface area (Å²) in [7, 11) is -3.72. The molecule has 6 nitrogen and oxygen atoms in total. The number of piperidine rings is 1. The lowest BCUT2D eigenvalue weighted by Crippen LogP contribution is -2.58. The molecule has 0 amide bonds. The number of rotatable bonds is 5. The SMILES string of the molecule is CCCN1C(N2CCC(C(=O)c3ccc(F)cc3)CC2)C(O)c2ccccc2S1(=O)=O. The fourth-order valence-corrected chi connectivity index (χ4v) is 6.62. The van der Waals surface area contributed by atoms with Gasteiger partial charge in [0, 0.05) is 36.7 Å². The molecule has 0 spiro atoms. The van der Waals surface area contributed by atoms with Gasteiger partial charge in [0.1, 0.15) is 18.1 Å². The second-order valence-corrected chi connectivity index (χ2v) is 10.1. The van der Waals surface area contributed by atoms with Crippen LogP contribution in [0.25, 0.3) is 0 Å². The summed E-state index contributed by atoms with van der Waals surface area (Å²) < 4.78 is 41.1. The first-order valence-electron chi connectivity index (χ1n) is 10.7. The van der Waals surface area contributed by atoms with Gasteiger partial charge < -0.3 is 5.11 Å². The van der Waals surface area contributed by atoms with Crippen molar-refractivity contribution < 1.29 is 22.7 Å². The van der Waals surface area contributed by atoms with Gasteiger partial charge in [0.25, 0.3) is 0 Å². The summed E-state index contributed by atoms with van der Waals surface area (Å²) in [5.41, 5.74) is 0.908. The van der Waals surface area contributed by atoms with E-state index in [0.29, 0.717) is 50.0 Å². The highest BCUT2D eigenvalue weighted by atomic mass is 32.2. The number of carbonyl (C=O) groups excluding carboxylic acids is 1. The molecule has 2 unspecified atom stereocenters. The lowest BCUT2D eigenvalue weighted by atomic mass is 9.88. The van der Waals surface area contributed by atoms with Crippen molar-refractivity contribution in [2.45, 2.75) is 43.4 Å². The summed E-state index contributed by atoms with van der Waals surface area (Å²) in [5, 5.41) is 11.1. The number of aliphatic hydroxyl groups excluding tert-OH is 1. The first-order valence-corrected chi connectivity index (χ1v) is 12.1. The van der Waals surface area contributed by atoms with E-state index in [0.717, 1.165) is 0 Å². The predicted molar refractivity (Wildman–Crippen MR) is 114 cm³/mol. The van der Waals surface area contributed by atoms with E-state index in [-0.39, 0.29) is 22.4 Å². The summed E-state index contributed by atoms with van der Waals surface area (Å²) in [6.45, 7) is 3.22. The highest BCUT2D eigenvalue weighted by Crippen LogP contribution is 2.39. The number of sulfonamides is 1. The molecule has 2 aromatic carbocycles. The highest BCUT2D eigenvalue weighted by molar-refractivity contribution is 7.89. The molecule has 31 heavy (non-hydrogen) atoms. The van der Waals surface area contributed by atoms with Gasteiger partial charge in [-0.2, -0.15) is 4.31 Å². The number of hydrogen-bond acceptors (Lipinski definition) is 5. The predicted octanol–water partition coefficient (Wildman–Crippen LogP) is 3.19. The summed E-state index contributed by atoms with van der Waals surface area (Å²) >= 11 is 0. The molecule has 0 bridgehead atoms. The molecule has 8 heteroatoms. The quantitative estimate of drug-likeness (QED) is 0.714. The number of carbonyl (C=O) groups is 1. The monoisotopic (exact) mass is 446 g/mol. The molecule has 0 radical (unpaired) electrons. The van der Waals surface area contributed by atoms with Crippen LogP contribution in [0.5, 0.6) is 0 Å². The van der Waals surface area contributed by atoms with Crippen molar-refractivity contribution in [1.29, 1.82) is 0 Å². The van der Waals surface area contributed by atoms with Gasteiger partial charge in [0.2, 0.25) is 10.0 Å². The summed E-state index contributed by atoms with van der Waals surface area (Å²) in [6, 6.07) is 12.2. The number of fused-ring (bicyclic) bond motifs is 1. The summed E-state index contributed by atoms with van der Waals surface area (Å²) in [5.74, 6) is -0.603. The van der Waals surface area contributed by atoms with E-state index >= 15 is 0 Å².